The third-order valence-corrected chi connectivity index (χ3v) is 6.56. The highest BCUT2D eigenvalue weighted by Gasteiger charge is 2.18. The molecule has 0 N–H and O–H groups in total. The molecule has 0 unspecified atom stereocenters. The summed E-state index contributed by atoms with van der Waals surface area (Å²) in [6.45, 7) is 6.12. The van der Waals surface area contributed by atoms with Crippen molar-refractivity contribution < 1.29 is 4.79 Å². The van der Waals surface area contributed by atoms with Gasteiger partial charge in [-0.1, -0.05) is 48.0 Å². The quantitative estimate of drug-likeness (QED) is 0.473. The average Bonchev–Trinajstić information content (AvgIpc) is 3.13. The van der Waals surface area contributed by atoms with Crippen molar-refractivity contribution in [3.63, 3.8) is 0 Å². The smallest absolute Gasteiger partial charge is 0.128 e. The van der Waals surface area contributed by atoms with Gasteiger partial charge in [-0.15, -0.1) is 23.7 Å². The highest BCUT2D eigenvalue weighted by molar-refractivity contribution is 7.17. The summed E-state index contributed by atoms with van der Waals surface area (Å²) >= 11 is 7.71. The van der Waals surface area contributed by atoms with Gasteiger partial charge in [0.15, 0.2) is 0 Å². The number of thiophene rings is 1. The van der Waals surface area contributed by atoms with Crippen LogP contribution in [0.5, 0.6) is 0 Å². The van der Waals surface area contributed by atoms with Gasteiger partial charge >= 0.3 is 0 Å². The molecule has 1 saturated heterocycles. The van der Waals surface area contributed by atoms with Gasteiger partial charge in [-0.25, -0.2) is 4.79 Å². The fourth-order valence-corrected chi connectivity index (χ4v) is 5.01. The van der Waals surface area contributed by atoms with Crippen LogP contribution in [0.15, 0.2) is 53.9 Å². The zero-order chi connectivity index (χ0) is 19.3. The summed E-state index contributed by atoms with van der Waals surface area (Å²) in [5, 5.41) is 3.88. The zero-order valence-electron chi connectivity index (χ0n) is 16.1. The third kappa shape index (κ3) is 5.49. The minimum Gasteiger partial charge on any atom is -0.300 e. The molecule has 0 bridgehead atoms. The van der Waals surface area contributed by atoms with Gasteiger partial charge in [0.25, 0.3) is 0 Å². The van der Waals surface area contributed by atoms with Crippen molar-refractivity contribution >= 4 is 56.9 Å². The molecule has 1 fully saturated rings. The summed E-state index contributed by atoms with van der Waals surface area (Å²) < 4.78 is 1.12. The lowest BCUT2D eigenvalue weighted by Gasteiger charge is -2.34. The maximum Gasteiger partial charge on any atom is 0.128 e. The van der Waals surface area contributed by atoms with Crippen molar-refractivity contribution in [1.29, 1.82) is 0 Å². The van der Waals surface area contributed by atoms with E-state index in [4.69, 9.17) is 11.6 Å². The predicted molar refractivity (Wildman–Crippen MR) is 126 cm³/mol. The van der Waals surface area contributed by atoms with Crippen molar-refractivity contribution in [2.45, 2.75) is 13.0 Å². The van der Waals surface area contributed by atoms with Gasteiger partial charge in [0.05, 0.1) is 0 Å². The summed E-state index contributed by atoms with van der Waals surface area (Å²) in [7, 11) is 0. The van der Waals surface area contributed by atoms with Crippen LogP contribution in [0.1, 0.15) is 17.5 Å². The van der Waals surface area contributed by atoms with E-state index in [0.717, 1.165) is 71.9 Å². The van der Waals surface area contributed by atoms with Crippen LogP contribution in [0.2, 0.25) is 5.02 Å². The Morgan fingerprint density at radius 3 is 2.48 bits per heavy atom. The topological polar surface area (TPSA) is 23.6 Å². The molecule has 0 atom stereocenters. The number of rotatable bonds is 6. The van der Waals surface area contributed by atoms with Crippen molar-refractivity contribution in [2.24, 2.45) is 0 Å². The largest absolute Gasteiger partial charge is 0.300 e. The fraction of sp³-hybridized carbons (Fsp3) is 0.304. The number of hydrogen-bond acceptors (Lipinski definition) is 4. The molecule has 1 aromatic heterocycles. The SMILES string of the molecule is Cl.O=C=C(CCN1CCN(Cc2ccccc2)CC1)c1csc2cc(Cl)ccc12. The van der Waals surface area contributed by atoms with Gasteiger partial charge in [0.2, 0.25) is 0 Å². The number of halogens is 2. The normalized spacial score (nSPS) is 15.1. The van der Waals surface area contributed by atoms with Crippen LogP contribution in [0.4, 0.5) is 0 Å². The van der Waals surface area contributed by atoms with Crippen LogP contribution >= 0.6 is 35.3 Å². The first-order chi connectivity index (χ1) is 13.7. The molecule has 1 aliphatic heterocycles. The Kier molecular flexibility index (Phi) is 7.91. The Morgan fingerprint density at radius 1 is 1.03 bits per heavy atom. The molecule has 0 aliphatic carbocycles. The molecule has 3 nitrogen and oxygen atoms in total. The van der Waals surface area contributed by atoms with Crippen molar-refractivity contribution in [3.05, 3.63) is 70.1 Å². The predicted octanol–water partition coefficient (Wildman–Crippen LogP) is 5.40. The molecular formula is C23H24Cl2N2OS. The Bertz CT molecular complexity index is 991. The van der Waals surface area contributed by atoms with Gasteiger partial charge in [0, 0.05) is 70.9 Å². The van der Waals surface area contributed by atoms with E-state index in [0.29, 0.717) is 0 Å². The molecule has 4 rings (SSSR count). The maximum atomic E-state index is 11.6. The van der Waals surface area contributed by atoms with Crippen LogP contribution in [0, 0.1) is 0 Å². The monoisotopic (exact) mass is 446 g/mol. The summed E-state index contributed by atoms with van der Waals surface area (Å²) in [5.74, 6) is 2.20. The number of piperazine rings is 1. The first kappa shape index (κ1) is 22.0. The highest BCUT2D eigenvalue weighted by atomic mass is 35.5. The second kappa shape index (κ2) is 10.4. The second-order valence-electron chi connectivity index (χ2n) is 7.22. The molecule has 29 heavy (non-hydrogen) atoms. The number of hydrogen-bond donors (Lipinski definition) is 0. The molecule has 3 aromatic rings. The van der Waals surface area contributed by atoms with Gasteiger partial charge in [-0.2, -0.15) is 0 Å². The second-order valence-corrected chi connectivity index (χ2v) is 8.57. The summed E-state index contributed by atoms with van der Waals surface area (Å²) in [4.78, 5) is 16.6. The van der Waals surface area contributed by atoms with E-state index in [1.807, 2.05) is 18.2 Å². The number of fused-ring (bicyclic) bond motifs is 1. The lowest BCUT2D eigenvalue weighted by molar-refractivity contribution is 0.129. The summed E-state index contributed by atoms with van der Waals surface area (Å²) in [6.07, 6.45) is 0.733. The van der Waals surface area contributed by atoms with E-state index in [2.05, 4.69) is 51.5 Å². The molecule has 0 spiro atoms. The van der Waals surface area contributed by atoms with Crippen molar-refractivity contribution in [2.75, 3.05) is 32.7 Å². The molecule has 152 valence electrons. The van der Waals surface area contributed by atoms with Gasteiger partial charge in [-0.3, -0.25) is 4.90 Å². The molecule has 0 radical (unpaired) electrons. The van der Waals surface area contributed by atoms with E-state index in [1.54, 1.807) is 11.3 Å². The molecular weight excluding hydrogens is 423 g/mol. The minimum absolute atomic E-state index is 0. The first-order valence-corrected chi connectivity index (χ1v) is 10.9. The molecule has 0 amide bonds. The highest BCUT2D eigenvalue weighted by Crippen LogP contribution is 2.33. The van der Waals surface area contributed by atoms with Crippen LogP contribution in [-0.4, -0.2) is 48.5 Å². The Morgan fingerprint density at radius 2 is 1.76 bits per heavy atom. The maximum absolute atomic E-state index is 11.6. The minimum atomic E-state index is 0. The molecule has 2 heterocycles. The molecule has 0 saturated carbocycles. The summed E-state index contributed by atoms with van der Waals surface area (Å²) in [6, 6.07) is 16.5. The third-order valence-electron chi connectivity index (χ3n) is 5.38. The van der Waals surface area contributed by atoms with E-state index >= 15 is 0 Å². The van der Waals surface area contributed by atoms with Crippen molar-refractivity contribution in [3.8, 4) is 0 Å². The lowest BCUT2D eigenvalue weighted by Crippen LogP contribution is -2.46. The van der Waals surface area contributed by atoms with E-state index < -0.39 is 0 Å². The van der Waals surface area contributed by atoms with Crippen molar-refractivity contribution in [1.82, 2.24) is 9.80 Å². The molecule has 2 aromatic carbocycles. The number of benzene rings is 2. The Balaban J connectivity index is 0.00000240. The fourth-order valence-electron chi connectivity index (χ4n) is 3.76. The van der Waals surface area contributed by atoms with Gasteiger partial charge in [0.1, 0.15) is 5.94 Å². The van der Waals surface area contributed by atoms with E-state index in [-0.39, 0.29) is 12.4 Å². The van der Waals surface area contributed by atoms with Crippen LogP contribution in [0.3, 0.4) is 0 Å². The zero-order valence-corrected chi connectivity index (χ0v) is 18.5. The van der Waals surface area contributed by atoms with Crippen LogP contribution < -0.4 is 0 Å². The average molecular weight is 447 g/mol. The van der Waals surface area contributed by atoms with E-state index in [9.17, 15) is 4.79 Å². The van der Waals surface area contributed by atoms with E-state index in [1.165, 1.54) is 5.56 Å². The number of carbonyl (C=O) groups excluding carboxylic acids is 1. The van der Waals surface area contributed by atoms with Gasteiger partial charge in [-0.05, 0) is 24.1 Å². The molecule has 6 heteroatoms. The lowest BCUT2D eigenvalue weighted by atomic mass is 10.0. The Labute approximate surface area is 187 Å². The molecule has 1 aliphatic rings. The summed E-state index contributed by atoms with van der Waals surface area (Å²) in [5.41, 5.74) is 3.14. The Hall–Kier alpha value is -1.65. The van der Waals surface area contributed by atoms with Crippen LogP contribution in [0.25, 0.3) is 15.7 Å². The van der Waals surface area contributed by atoms with Gasteiger partial charge < -0.3 is 4.90 Å². The standard InChI is InChI=1S/C23H23ClN2OS.ClH/c24-20-6-7-21-22(17-28-23(21)14-20)19(16-27)8-9-25-10-12-26(13-11-25)15-18-4-2-1-3-5-18;/h1-7,14,17H,8-13,15H2;1H. The van der Waals surface area contributed by atoms with Crippen LogP contribution in [-0.2, 0) is 11.3 Å². The first-order valence-electron chi connectivity index (χ1n) is 9.62. The number of nitrogens with zero attached hydrogens (tertiary/aromatic N) is 2.